The van der Waals surface area contributed by atoms with Crippen LogP contribution in [0, 0.1) is 18.3 Å². The number of hydrogen-bond donors (Lipinski definition) is 1. The van der Waals surface area contributed by atoms with Gasteiger partial charge in [0.25, 0.3) is 0 Å². The molecule has 1 N–H and O–H groups in total. The molecule has 30 heavy (non-hydrogen) atoms. The smallest absolute Gasteiger partial charge is 0.229 e. The van der Waals surface area contributed by atoms with Crippen LogP contribution >= 0.6 is 0 Å². The molecule has 3 fully saturated rings. The Bertz CT molecular complexity index is 985. The predicted octanol–water partition coefficient (Wildman–Crippen LogP) is 1.95. The largest absolute Gasteiger partial charge is 0.354 e. The zero-order chi connectivity index (χ0) is 20.3. The van der Waals surface area contributed by atoms with Crippen LogP contribution in [-0.2, 0) is 17.6 Å². The molecule has 3 aliphatic heterocycles. The van der Waals surface area contributed by atoms with Crippen LogP contribution in [0.3, 0.4) is 0 Å². The van der Waals surface area contributed by atoms with Crippen molar-refractivity contribution in [3.63, 3.8) is 0 Å². The second-order valence-corrected chi connectivity index (χ2v) is 9.99. The van der Waals surface area contributed by atoms with Crippen LogP contribution in [0.5, 0.6) is 0 Å². The summed E-state index contributed by atoms with van der Waals surface area (Å²) in [6, 6.07) is 0. The molecule has 7 nitrogen and oxygen atoms in total. The van der Waals surface area contributed by atoms with E-state index in [9.17, 15) is 4.79 Å². The summed E-state index contributed by atoms with van der Waals surface area (Å²) in [7, 11) is 0. The number of amides is 1. The Morgan fingerprint density at radius 1 is 1.17 bits per heavy atom. The van der Waals surface area contributed by atoms with E-state index in [1.165, 1.54) is 49.2 Å². The molecule has 2 aromatic rings. The highest BCUT2D eigenvalue weighted by molar-refractivity contribution is 5.82. The number of aromatic nitrogens is 3. The number of fused-ring (bicyclic) bond motifs is 2. The third-order valence-electron chi connectivity index (χ3n) is 8.01. The summed E-state index contributed by atoms with van der Waals surface area (Å²) in [5.74, 6) is 1.68. The number of aryl methyl sites for hydroxylation is 1. The SMILES string of the molecule is Cc1cnn2c(N3CC(C(=O)N4CCC5(CCCC5)C4)C3)c3c(nc12)CCNCC3. The molecule has 6 rings (SSSR count). The van der Waals surface area contributed by atoms with Crippen LogP contribution in [0.25, 0.3) is 5.65 Å². The molecule has 1 amide bonds. The zero-order valence-corrected chi connectivity index (χ0v) is 18.0. The predicted molar refractivity (Wildman–Crippen MR) is 116 cm³/mol. The van der Waals surface area contributed by atoms with E-state index in [0.29, 0.717) is 11.3 Å². The Morgan fingerprint density at radius 3 is 2.80 bits per heavy atom. The van der Waals surface area contributed by atoms with Crippen LogP contribution in [0.4, 0.5) is 5.82 Å². The van der Waals surface area contributed by atoms with Gasteiger partial charge in [-0.15, -0.1) is 0 Å². The van der Waals surface area contributed by atoms with Gasteiger partial charge >= 0.3 is 0 Å². The van der Waals surface area contributed by atoms with Crippen LogP contribution in [0.1, 0.15) is 48.9 Å². The maximum Gasteiger partial charge on any atom is 0.229 e. The number of rotatable bonds is 2. The van der Waals surface area contributed by atoms with E-state index in [4.69, 9.17) is 4.98 Å². The lowest BCUT2D eigenvalue weighted by atomic mass is 9.85. The Hall–Kier alpha value is -2.15. The van der Waals surface area contributed by atoms with E-state index in [1.807, 2.05) is 10.7 Å². The third kappa shape index (κ3) is 2.85. The van der Waals surface area contributed by atoms with Crippen LogP contribution in [-0.4, -0.2) is 64.7 Å². The van der Waals surface area contributed by atoms with Gasteiger partial charge in [0.2, 0.25) is 5.91 Å². The number of likely N-dealkylation sites (tertiary alicyclic amines) is 1. The van der Waals surface area contributed by atoms with Gasteiger partial charge in [-0.25, -0.2) is 4.98 Å². The van der Waals surface area contributed by atoms with E-state index in [-0.39, 0.29) is 5.92 Å². The highest BCUT2D eigenvalue weighted by Crippen LogP contribution is 2.46. The zero-order valence-electron chi connectivity index (χ0n) is 18.0. The quantitative estimate of drug-likeness (QED) is 0.823. The lowest BCUT2D eigenvalue weighted by molar-refractivity contribution is -0.135. The second-order valence-electron chi connectivity index (χ2n) is 9.99. The van der Waals surface area contributed by atoms with Crippen LogP contribution in [0.15, 0.2) is 6.20 Å². The molecule has 0 radical (unpaired) electrons. The van der Waals surface area contributed by atoms with Gasteiger partial charge < -0.3 is 15.1 Å². The van der Waals surface area contributed by atoms with E-state index in [2.05, 4.69) is 27.1 Å². The summed E-state index contributed by atoms with van der Waals surface area (Å²) in [5.41, 5.74) is 5.04. The lowest BCUT2D eigenvalue weighted by Gasteiger charge is -2.42. The molecule has 0 unspecified atom stereocenters. The first-order chi connectivity index (χ1) is 14.6. The van der Waals surface area contributed by atoms with E-state index >= 15 is 0 Å². The second kappa shape index (κ2) is 6.94. The van der Waals surface area contributed by atoms with Crippen molar-refractivity contribution in [3.05, 3.63) is 23.0 Å². The molecule has 0 bridgehead atoms. The van der Waals surface area contributed by atoms with Gasteiger partial charge in [0.1, 0.15) is 5.82 Å². The summed E-state index contributed by atoms with van der Waals surface area (Å²) in [5, 5.41) is 8.15. The number of nitrogens with zero attached hydrogens (tertiary/aromatic N) is 5. The van der Waals surface area contributed by atoms with Crippen molar-refractivity contribution in [2.45, 2.75) is 51.9 Å². The third-order valence-corrected chi connectivity index (χ3v) is 8.01. The van der Waals surface area contributed by atoms with Crippen LogP contribution in [0.2, 0.25) is 0 Å². The normalized spacial score (nSPS) is 23.8. The highest BCUT2D eigenvalue weighted by Gasteiger charge is 2.45. The first-order valence-corrected chi connectivity index (χ1v) is 11.7. The van der Waals surface area contributed by atoms with Crippen molar-refractivity contribution in [3.8, 4) is 0 Å². The molecule has 1 spiro atoms. The molecule has 4 aliphatic rings. The minimum atomic E-state index is 0.126. The van der Waals surface area contributed by atoms with Gasteiger partial charge in [-0.05, 0) is 44.6 Å². The topological polar surface area (TPSA) is 65.8 Å². The monoisotopic (exact) mass is 408 g/mol. The molecule has 160 valence electrons. The molecular weight excluding hydrogens is 376 g/mol. The first kappa shape index (κ1) is 18.6. The minimum Gasteiger partial charge on any atom is -0.354 e. The number of nitrogens with one attached hydrogen (secondary N) is 1. The molecule has 7 heteroatoms. The molecule has 0 aromatic carbocycles. The van der Waals surface area contributed by atoms with E-state index < -0.39 is 0 Å². The van der Waals surface area contributed by atoms with Crippen molar-refractivity contribution in [2.24, 2.45) is 11.3 Å². The Labute approximate surface area is 177 Å². The molecule has 5 heterocycles. The molecule has 2 saturated heterocycles. The standard InChI is InChI=1S/C23H32N6O/c1-16-12-25-29-20(16)26-19-5-10-24-9-4-18(19)21(29)28-13-17(14-28)22(30)27-11-8-23(15-27)6-2-3-7-23/h12,17,24H,2-11,13-15H2,1H3. The van der Waals surface area contributed by atoms with Crippen molar-refractivity contribution in [1.29, 1.82) is 0 Å². The van der Waals surface area contributed by atoms with E-state index in [1.54, 1.807) is 0 Å². The van der Waals surface area contributed by atoms with E-state index in [0.717, 1.165) is 63.3 Å². The number of hydrogen-bond acceptors (Lipinski definition) is 5. The number of carbonyl (C=O) groups is 1. The van der Waals surface area contributed by atoms with Crippen molar-refractivity contribution in [1.82, 2.24) is 24.8 Å². The summed E-state index contributed by atoms with van der Waals surface area (Å²) in [6.45, 7) is 7.60. The van der Waals surface area contributed by atoms with Crippen molar-refractivity contribution < 1.29 is 4.79 Å². The fraction of sp³-hybridized carbons (Fsp3) is 0.696. The summed E-state index contributed by atoms with van der Waals surface area (Å²) < 4.78 is 2.02. The van der Waals surface area contributed by atoms with Gasteiger partial charge in [-0.3, -0.25) is 4.79 Å². The molecule has 1 aliphatic carbocycles. The molecule has 0 atom stereocenters. The maximum atomic E-state index is 13.2. The average molecular weight is 409 g/mol. The van der Waals surface area contributed by atoms with Crippen LogP contribution < -0.4 is 10.2 Å². The Balaban J connectivity index is 1.23. The van der Waals surface area contributed by atoms with Gasteiger partial charge in [0, 0.05) is 50.3 Å². The van der Waals surface area contributed by atoms with Crippen molar-refractivity contribution in [2.75, 3.05) is 44.2 Å². The highest BCUT2D eigenvalue weighted by atomic mass is 16.2. The molecule has 2 aromatic heterocycles. The summed E-state index contributed by atoms with van der Waals surface area (Å²) >= 11 is 0. The van der Waals surface area contributed by atoms with Gasteiger partial charge in [-0.2, -0.15) is 9.61 Å². The van der Waals surface area contributed by atoms with Crippen molar-refractivity contribution >= 4 is 17.4 Å². The average Bonchev–Trinajstić information content (AvgIpc) is 3.39. The summed E-state index contributed by atoms with van der Waals surface area (Å²) in [6.07, 6.45) is 10.4. The minimum absolute atomic E-state index is 0.126. The van der Waals surface area contributed by atoms with Gasteiger partial charge in [-0.1, -0.05) is 12.8 Å². The number of anilines is 1. The number of carbonyl (C=O) groups excluding carboxylic acids is 1. The van der Waals surface area contributed by atoms with Gasteiger partial charge in [0.15, 0.2) is 5.65 Å². The van der Waals surface area contributed by atoms with Gasteiger partial charge in [0.05, 0.1) is 17.8 Å². The summed E-state index contributed by atoms with van der Waals surface area (Å²) in [4.78, 5) is 22.7. The Kier molecular flexibility index (Phi) is 4.30. The fourth-order valence-electron chi connectivity index (χ4n) is 6.22. The molecule has 1 saturated carbocycles. The molecular formula is C23H32N6O. The fourth-order valence-corrected chi connectivity index (χ4v) is 6.22. The maximum absolute atomic E-state index is 13.2. The first-order valence-electron chi connectivity index (χ1n) is 11.7. The Morgan fingerprint density at radius 2 is 1.97 bits per heavy atom. The lowest BCUT2D eigenvalue weighted by Crippen LogP contribution is -2.55.